The third kappa shape index (κ3) is 10.6. The van der Waals surface area contributed by atoms with E-state index in [2.05, 4.69) is 6.92 Å². The number of ether oxygens (including phenoxy) is 1. The quantitative estimate of drug-likeness (QED) is 0.380. The van der Waals surface area contributed by atoms with Crippen LogP contribution in [0.4, 0.5) is 13.2 Å². The summed E-state index contributed by atoms with van der Waals surface area (Å²) in [6.07, 6.45) is 4.42. The summed E-state index contributed by atoms with van der Waals surface area (Å²) in [5.74, 6) is -2.11. The maximum atomic E-state index is 12.8. The smallest absolute Gasteiger partial charge is 0.404 e. The lowest BCUT2D eigenvalue weighted by Gasteiger charge is -2.24. The molecule has 0 radical (unpaired) electrons. The summed E-state index contributed by atoms with van der Waals surface area (Å²) >= 11 is 0. The van der Waals surface area contributed by atoms with Crippen LogP contribution in [-0.4, -0.2) is 24.8 Å². The van der Waals surface area contributed by atoms with Gasteiger partial charge in [0.15, 0.2) is 0 Å². The molecule has 0 aliphatic heterocycles. The molecule has 0 spiro atoms. The average Bonchev–Trinajstić information content (AvgIpc) is 2.49. The minimum absolute atomic E-state index is 0.136. The van der Waals surface area contributed by atoms with Crippen molar-refractivity contribution in [1.29, 1.82) is 0 Å². The Balaban J connectivity index is 4.19. The topological polar surface area (TPSA) is 52.3 Å². The molecular weight excluding hydrogens is 307 g/mol. The Labute approximate surface area is 138 Å². The van der Waals surface area contributed by atoms with E-state index in [9.17, 15) is 18.0 Å². The van der Waals surface area contributed by atoms with Gasteiger partial charge in [-0.3, -0.25) is 4.79 Å². The highest BCUT2D eigenvalue weighted by Gasteiger charge is 2.45. The Morgan fingerprint density at radius 3 is 1.96 bits per heavy atom. The second-order valence-electron chi connectivity index (χ2n) is 6.10. The zero-order valence-electron chi connectivity index (χ0n) is 14.5. The zero-order valence-corrected chi connectivity index (χ0v) is 14.5. The first kappa shape index (κ1) is 22.2. The molecule has 2 N–H and O–H groups in total. The molecule has 0 saturated carbocycles. The van der Waals surface area contributed by atoms with Crippen molar-refractivity contribution in [3.05, 3.63) is 0 Å². The summed E-state index contributed by atoms with van der Waals surface area (Å²) < 4.78 is 43.3. The highest BCUT2D eigenvalue weighted by Crippen LogP contribution is 2.28. The number of halogens is 3. The van der Waals surface area contributed by atoms with E-state index in [0.29, 0.717) is 12.8 Å². The molecule has 0 saturated heterocycles. The number of alkyl halides is 3. The molecule has 138 valence electrons. The summed E-state index contributed by atoms with van der Waals surface area (Å²) in [6, 6.07) is -2.14. The Morgan fingerprint density at radius 2 is 1.48 bits per heavy atom. The predicted octanol–water partition coefficient (Wildman–Crippen LogP) is 4.98. The number of hydrogen-bond donors (Lipinski definition) is 1. The van der Waals surface area contributed by atoms with Gasteiger partial charge in [-0.25, -0.2) is 0 Å². The molecule has 0 unspecified atom stereocenters. The molecule has 0 fully saturated rings. The Morgan fingerprint density at radius 1 is 0.957 bits per heavy atom. The standard InChI is InChI=1S/C17H32F3NO2/c1-3-5-6-7-8-9-10-11-12-14(15(21)17(18,19)20)16(22)23-13-4-2/h14-15H,3-13,21H2,1-2H3/t14-,15-/m1/s1. The number of carbonyl (C=O) groups is 1. The van der Waals surface area contributed by atoms with E-state index in [1.807, 2.05) is 0 Å². The van der Waals surface area contributed by atoms with Gasteiger partial charge in [-0.2, -0.15) is 13.2 Å². The van der Waals surface area contributed by atoms with Crippen LogP contribution in [0.1, 0.15) is 78.1 Å². The second kappa shape index (κ2) is 12.6. The molecule has 2 atom stereocenters. The van der Waals surface area contributed by atoms with Crippen LogP contribution < -0.4 is 5.73 Å². The minimum atomic E-state index is -4.57. The fourth-order valence-electron chi connectivity index (χ4n) is 2.48. The minimum Gasteiger partial charge on any atom is -0.465 e. The summed E-state index contributed by atoms with van der Waals surface area (Å²) in [7, 11) is 0. The van der Waals surface area contributed by atoms with Crippen molar-refractivity contribution < 1.29 is 22.7 Å². The Kier molecular flexibility index (Phi) is 12.2. The van der Waals surface area contributed by atoms with Crippen molar-refractivity contribution >= 4 is 5.97 Å². The van der Waals surface area contributed by atoms with Crippen molar-refractivity contribution in [3.8, 4) is 0 Å². The number of carbonyl (C=O) groups excluding carboxylic acids is 1. The Hall–Kier alpha value is -0.780. The van der Waals surface area contributed by atoms with Crippen LogP contribution in [0.2, 0.25) is 0 Å². The van der Waals surface area contributed by atoms with Crippen molar-refractivity contribution in [2.24, 2.45) is 11.7 Å². The second-order valence-corrected chi connectivity index (χ2v) is 6.10. The lowest BCUT2D eigenvalue weighted by Crippen LogP contribution is -2.47. The third-order valence-corrected chi connectivity index (χ3v) is 3.93. The maximum Gasteiger partial charge on any atom is 0.404 e. The van der Waals surface area contributed by atoms with Gasteiger partial charge in [-0.1, -0.05) is 65.2 Å². The molecule has 0 amide bonds. The van der Waals surface area contributed by atoms with Crippen LogP contribution in [0, 0.1) is 5.92 Å². The van der Waals surface area contributed by atoms with Crippen LogP contribution in [0.15, 0.2) is 0 Å². The van der Waals surface area contributed by atoms with Gasteiger partial charge in [-0.05, 0) is 12.8 Å². The van der Waals surface area contributed by atoms with E-state index < -0.39 is 24.1 Å². The van der Waals surface area contributed by atoms with Crippen LogP contribution in [0.3, 0.4) is 0 Å². The third-order valence-electron chi connectivity index (χ3n) is 3.93. The molecular formula is C17H32F3NO2. The lowest BCUT2D eigenvalue weighted by atomic mass is 9.93. The first-order chi connectivity index (χ1) is 10.8. The van der Waals surface area contributed by atoms with Crippen molar-refractivity contribution in [2.75, 3.05) is 6.61 Å². The maximum absolute atomic E-state index is 12.8. The fraction of sp³-hybridized carbons (Fsp3) is 0.941. The van der Waals surface area contributed by atoms with E-state index in [4.69, 9.17) is 10.5 Å². The molecule has 0 aliphatic rings. The molecule has 0 heterocycles. The van der Waals surface area contributed by atoms with E-state index >= 15 is 0 Å². The van der Waals surface area contributed by atoms with Gasteiger partial charge >= 0.3 is 12.1 Å². The molecule has 0 rings (SSSR count). The summed E-state index contributed by atoms with van der Waals surface area (Å²) in [5, 5.41) is 0. The van der Waals surface area contributed by atoms with Gasteiger partial charge in [0, 0.05) is 0 Å². The van der Waals surface area contributed by atoms with Crippen LogP contribution in [0.5, 0.6) is 0 Å². The largest absolute Gasteiger partial charge is 0.465 e. The number of rotatable bonds is 13. The van der Waals surface area contributed by atoms with Gasteiger partial charge in [0.25, 0.3) is 0 Å². The molecule has 0 aromatic rings. The first-order valence-corrected chi connectivity index (χ1v) is 8.83. The number of unbranched alkanes of at least 4 members (excludes halogenated alkanes) is 7. The number of esters is 1. The van der Waals surface area contributed by atoms with Crippen molar-refractivity contribution in [2.45, 2.75) is 90.3 Å². The average molecular weight is 339 g/mol. The van der Waals surface area contributed by atoms with Crippen LogP contribution in [0.25, 0.3) is 0 Å². The molecule has 0 aliphatic carbocycles. The molecule has 0 aromatic heterocycles. The molecule has 6 heteroatoms. The molecule has 3 nitrogen and oxygen atoms in total. The molecule has 0 bridgehead atoms. The van der Waals surface area contributed by atoms with Crippen molar-refractivity contribution in [3.63, 3.8) is 0 Å². The fourth-order valence-corrected chi connectivity index (χ4v) is 2.48. The van der Waals surface area contributed by atoms with E-state index in [1.54, 1.807) is 6.92 Å². The summed E-state index contributed by atoms with van der Waals surface area (Å²) in [4.78, 5) is 11.8. The van der Waals surface area contributed by atoms with Crippen LogP contribution >= 0.6 is 0 Å². The van der Waals surface area contributed by atoms with E-state index in [-0.39, 0.29) is 13.0 Å². The summed E-state index contributed by atoms with van der Waals surface area (Å²) in [5.41, 5.74) is 5.24. The van der Waals surface area contributed by atoms with Gasteiger partial charge in [0.1, 0.15) is 6.04 Å². The SMILES string of the molecule is CCCCCCCCCC[C@@H](C(=O)OCCC)[C@@H](N)C(F)(F)F. The van der Waals surface area contributed by atoms with Gasteiger partial charge in [-0.15, -0.1) is 0 Å². The van der Waals surface area contributed by atoms with Gasteiger partial charge < -0.3 is 10.5 Å². The first-order valence-electron chi connectivity index (χ1n) is 8.83. The Bertz CT molecular complexity index is 309. The normalized spacial score (nSPS) is 14.5. The highest BCUT2D eigenvalue weighted by atomic mass is 19.4. The summed E-state index contributed by atoms with van der Waals surface area (Å²) in [6.45, 7) is 4.09. The van der Waals surface area contributed by atoms with Gasteiger partial charge in [0.2, 0.25) is 0 Å². The van der Waals surface area contributed by atoms with Crippen LogP contribution in [-0.2, 0) is 9.53 Å². The molecule has 23 heavy (non-hydrogen) atoms. The highest BCUT2D eigenvalue weighted by molar-refractivity contribution is 5.73. The van der Waals surface area contributed by atoms with E-state index in [1.165, 1.54) is 19.3 Å². The van der Waals surface area contributed by atoms with E-state index in [0.717, 1.165) is 25.7 Å². The van der Waals surface area contributed by atoms with Crippen molar-refractivity contribution in [1.82, 2.24) is 0 Å². The lowest BCUT2D eigenvalue weighted by molar-refractivity contribution is -0.177. The van der Waals surface area contributed by atoms with Gasteiger partial charge in [0.05, 0.1) is 12.5 Å². The predicted molar refractivity (Wildman–Crippen MR) is 86.0 cm³/mol. The number of nitrogens with two attached hydrogens (primary N) is 1. The zero-order chi connectivity index (χ0) is 17.7. The monoisotopic (exact) mass is 339 g/mol. The molecule has 0 aromatic carbocycles. The number of hydrogen-bond acceptors (Lipinski definition) is 3.